The van der Waals surface area contributed by atoms with E-state index in [4.69, 9.17) is 11.6 Å². The fourth-order valence-corrected chi connectivity index (χ4v) is 5.26. The van der Waals surface area contributed by atoms with E-state index in [1.807, 2.05) is 36.1 Å². The molecule has 3 amide bonds. The Morgan fingerprint density at radius 2 is 1.85 bits per heavy atom. The molecule has 9 heteroatoms. The van der Waals surface area contributed by atoms with Gasteiger partial charge in [0, 0.05) is 51.8 Å². The van der Waals surface area contributed by atoms with Crippen LogP contribution in [0.2, 0.25) is 5.02 Å². The zero-order valence-corrected chi connectivity index (χ0v) is 19.3. The van der Waals surface area contributed by atoms with Gasteiger partial charge in [-0.2, -0.15) is 0 Å². The van der Waals surface area contributed by atoms with E-state index < -0.39 is 5.66 Å². The first-order chi connectivity index (χ1) is 15.9. The SMILES string of the molecule is CC12CCC(=O)N1c1ccccc1C(=O)N2CCC(=O)N1CCN(c2ccc(Cl)cn2)CC1. The minimum absolute atomic E-state index is 0.0145. The summed E-state index contributed by atoms with van der Waals surface area (Å²) in [5.41, 5.74) is 0.450. The number of hydrogen-bond donors (Lipinski definition) is 0. The molecule has 1 aromatic carbocycles. The Morgan fingerprint density at radius 3 is 2.58 bits per heavy atom. The topological polar surface area (TPSA) is 77.1 Å². The summed E-state index contributed by atoms with van der Waals surface area (Å²) >= 11 is 5.92. The summed E-state index contributed by atoms with van der Waals surface area (Å²) in [5.74, 6) is 0.763. The molecule has 0 spiro atoms. The van der Waals surface area contributed by atoms with Crippen molar-refractivity contribution in [3.8, 4) is 0 Å². The van der Waals surface area contributed by atoms with Crippen molar-refractivity contribution in [3.63, 3.8) is 0 Å². The van der Waals surface area contributed by atoms with Crippen molar-refractivity contribution in [3.05, 3.63) is 53.2 Å². The fraction of sp³-hybridized carbons (Fsp3) is 0.417. The van der Waals surface area contributed by atoms with Gasteiger partial charge in [0.25, 0.3) is 5.91 Å². The molecule has 4 heterocycles. The number of anilines is 2. The molecule has 0 bridgehead atoms. The Labute approximate surface area is 197 Å². The third-order valence-corrected chi connectivity index (χ3v) is 7.19. The van der Waals surface area contributed by atoms with Gasteiger partial charge in [-0.1, -0.05) is 23.7 Å². The first-order valence-corrected chi connectivity index (χ1v) is 11.6. The number of aromatic nitrogens is 1. The van der Waals surface area contributed by atoms with E-state index in [-0.39, 0.29) is 30.7 Å². The summed E-state index contributed by atoms with van der Waals surface area (Å²) in [7, 11) is 0. The van der Waals surface area contributed by atoms with E-state index in [1.54, 1.807) is 28.1 Å². The minimum atomic E-state index is -0.734. The average molecular weight is 468 g/mol. The van der Waals surface area contributed by atoms with Gasteiger partial charge in [-0.05, 0) is 37.6 Å². The van der Waals surface area contributed by atoms with Crippen molar-refractivity contribution in [2.75, 3.05) is 42.5 Å². The van der Waals surface area contributed by atoms with Crippen LogP contribution in [0.15, 0.2) is 42.6 Å². The number of fused-ring (bicyclic) bond motifs is 3. The van der Waals surface area contributed by atoms with E-state index in [9.17, 15) is 14.4 Å². The number of rotatable bonds is 4. The number of pyridine rings is 1. The molecule has 2 aromatic rings. The zero-order chi connectivity index (χ0) is 23.2. The van der Waals surface area contributed by atoms with Crippen LogP contribution in [0.1, 0.15) is 36.5 Å². The lowest BCUT2D eigenvalue weighted by Crippen LogP contribution is -2.62. The molecule has 2 saturated heterocycles. The largest absolute Gasteiger partial charge is 0.353 e. The molecule has 1 unspecified atom stereocenters. The van der Waals surface area contributed by atoms with Crippen molar-refractivity contribution in [1.82, 2.24) is 14.8 Å². The average Bonchev–Trinajstić information content (AvgIpc) is 3.14. The van der Waals surface area contributed by atoms with Crippen LogP contribution in [0, 0.1) is 0 Å². The van der Waals surface area contributed by atoms with E-state index in [0.717, 1.165) is 5.82 Å². The first-order valence-electron chi connectivity index (χ1n) is 11.3. The zero-order valence-electron chi connectivity index (χ0n) is 18.5. The molecular weight excluding hydrogens is 442 g/mol. The maximum atomic E-state index is 13.3. The van der Waals surface area contributed by atoms with Gasteiger partial charge in [0.2, 0.25) is 11.8 Å². The Kier molecular flexibility index (Phi) is 5.48. The standard InChI is InChI=1S/C24H26ClN5O3/c1-24-10-8-22(32)30(24)19-5-3-2-4-18(19)23(33)29(24)11-9-21(31)28-14-12-27(13-15-28)20-7-6-17(25)16-26-20/h2-7,16H,8-15H2,1H3. The molecule has 172 valence electrons. The molecule has 3 aliphatic rings. The van der Waals surface area contributed by atoms with E-state index in [1.165, 1.54) is 0 Å². The maximum absolute atomic E-state index is 13.3. The monoisotopic (exact) mass is 467 g/mol. The lowest BCUT2D eigenvalue weighted by atomic mass is 9.98. The Morgan fingerprint density at radius 1 is 1.09 bits per heavy atom. The van der Waals surface area contributed by atoms with Crippen LogP contribution in [0.25, 0.3) is 0 Å². The van der Waals surface area contributed by atoms with Crippen LogP contribution in [-0.4, -0.2) is 70.9 Å². The second-order valence-electron chi connectivity index (χ2n) is 8.87. The quantitative estimate of drug-likeness (QED) is 0.691. The van der Waals surface area contributed by atoms with Gasteiger partial charge >= 0.3 is 0 Å². The summed E-state index contributed by atoms with van der Waals surface area (Å²) in [4.78, 5) is 50.8. The number of halogens is 1. The summed E-state index contributed by atoms with van der Waals surface area (Å²) < 4.78 is 0. The van der Waals surface area contributed by atoms with E-state index >= 15 is 0 Å². The van der Waals surface area contributed by atoms with Gasteiger partial charge in [0.1, 0.15) is 11.5 Å². The van der Waals surface area contributed by atoms with Crippen molar-refractivity contribution < 1.29 is 14.4 Å². The Hall–Kier alpha value is -3.13. The molecule has 33 heavy (non-hydrogen) atoms. The maximum Gasteiger partial charge on any atom is 0.257 e. The number of nitrogens with zero attached hydrogens (tertiary/aromatic N) is 5. The molecule has 3 aliphatic heterocycles. The number of carbonyl (C=O) groups is 3. The third kappa shape index (κ3) is 3.72. The lowest BCUT2D eigenvalue weighted by Gasteiger charge is -2.48. The van der Waals surface area contributed by atoms with Crippen LogP contribution >= 0.6 is 11.6 Å². The number of hydrogen-bond acceptors (Lipinski definition) is 5. The lowest BCUT2D eigenvalue weighted by molar-refractivity contribution is -0.131. The van der Waals surface area contributed by atoms with Crippen LogP contribution < -0.4 is 9.80 Å². The second kappa shape index (κ2) is 8.33. The van der Waals surface area contributed by atoms with Gasteiger partial charge in [-0.25, -0.2) is 4.98 Å². The first kappa shape index (κ1) is 21.7. The number of carbonyl (C=O) groups excluding carboxylic acids is 3. The summed E-state index contributed by atoms with van der Waals surface area (Å²) in [5, 5.41) is 0.596. The highest BCUT2D eigenvalue weighted by Crippen LogP contribution is 2.44. The normalized spacial score (nSPS) is 22.5. The number of benzene rings is 1. The summed E-state index contributed by atoms with van der Waals surface area (Å²) in [6.45, 7) is 4.79. The highest BCUT2D eigenvalue weighted by Gasteiger charge is 2.52. The number of amides is 3. The van der Waals surface area contributed by atoms with Gasteiger partial charge in [-0.3, -0.25) is 19.3 Å². The highest BCUT2D eigenvalue weighted by atomic mass is 35.5. The van der Waals surface area contributed by atoms with Crippen LogP contribution in [-0.2, 0) is 9.59 Å². The second-order valence-corrected chi connectivity index (χ2v) is 9.31. The Bertz CT molecular complexity index is 1100. The highest BCUT2D eigenvalue weighted by molar-refractivity contribution is 6.30. The minimum Gasteiger partial charge on any atom is -0.353 e. The van der Waals surface area contributed by atoms with Crippen molar-refractivity contribution in [2.24, 2.45) is 0 Å². The molecule has 0 saturated carbocycles. The van der Waals surface area contributed by atoms with E-state index in [2.05, 4.69) is 9.88 Å². The number of para-hydroxylation sites is 1. The molecule has 0 aliphatic carbocycles. The van der Waals surface area contributed by atoms with Crippen molar-refractivity contribution in [1.29, 1.82) is 0 Å². The molecule has 2 fully saturated rings. The summed E-state index contributed by atoms with van der Waals surface area (Å²) in [6, 6.07) is 10.9. The van der Waals surface area contributed by atoms with Crippen LogP contribution in [0.4, 0.5) is 11.5 Å². The van der Waals surface area contributed by atoms with Gasteiger partial charge in [-0.15, -0.1) is 0 Å². The van der Waals surface area contributed by atoms with Crippen LogP contribution in [0.3, 0.4) is 0 Å². The molecule has 1 aromatic heterocycles. The van der Waals surface area contributed by atoms with Gasteiger partial charge in [0.15, 0.2) is 0 Å². The smallest absolute Gasteiger partial charge is 0.257 e. The van der Waals surface area contributed by atoms with Crippen molar-refractivity contribution in [2.45, 2.75) is 31.8 Å². The molecule has 5 rings (SSSR count). The molecule has 0 radical (unpaired) electrons. The molecule has 8 nitrogen and oxygen atoms in total. The molecular formula is C24H26ClN5O3. The van der Waals surface area contributed by atoms with Crippen molar-refractivity contribution >= 4 is 40.8 Å². The molecule has 0 N–H and O–H groups in total. The fourth-order valence-electron chi connectivity index (χ4n) is 5.15. The van der Waals surface area contributed by atoms with E-state index in [0.29, 0.717) is 55.3 Å². The number of piperazine rings is 1. The summed E-state index contributed by atoms with van der Waals surface area (Å²) in [6.07, 6.45) is 2.81. The third-order valence-electron chi connectivity index (χ3n) is 6.96. The van der Waals surface area contributed by atoms with Gasteiger partial charge in [0.05, 0.1) is 16.3 Å². The van der Waals surface area contributed by atoms with Gasteiger partial charge < -0.3 is 14.7 Å². The predicted octanol–water partition coefficient (Wildman–Crippen LogP) is 2.77. The van der Waals surface area contributed by atoms with Crippen LogP contribution in [0.5, 0.6) is 0 Å². The predicted molar refractivity (Wildman–Crippen MR) is 125 cm³/mol. The molecule has 1 atom stereocenters. The Balaban J connectivity index is 1.25.